The Bertz CT molecular complexity index is 438. The number of hydrogen-bond acceptors (Lipinski definition) is 4. The molecule has 0 fully saturated rings. The van der Waals surface area contributed by atoms with Crippen molar-refractivity contribution in [3.8, 4) is 0 Å². The molecular formula is C16H26N4O2. The topological polar surface area (TPSA) is 110 Å². The number of nitrogens with two attached hydrogens (primary N) is 2. The molecule has 22 heavy (non-hydrogen) atoms. The monoisotopic (exact) mass is 306 g/mol. The van der Waals surface area contributed by atoms with Crippen LogP contribution in [-0.2, 0) is 0 Å². The Labute approximate surface area is 131 Å². The van der Waals surface area contributed by atoms with Crippen LogP contribution in [0.3, 0.4) is 0 Å². The van der Waals surface area contributed by atoms with E-state index in [0.29, 0.717) is 37.3 Å². The molecule has 0 aliphatic heterocycles. The van der Waals surface area contributed by atoms with Crippen LogP contribution in [0.4, 0.5) is 0 Å². The molecule has 0 saturated heterocycles. The van der Waals surface area contributed by atoms with Gasteiger partial charge >= 0.3 is 0 Å². The number of hydrogen-bond donors (Lipinski definition) is 4. The zero-order chi connectivity index (χ0) is 16.2. The summed E-state index contributed by atoms with van der Waals surface area (Å²) in [6.45, 7) is 2.42. The molecule has 2 amide bonds. The molecule has 0 unspecified atom stereocenters. The van der Waals surface area contributed by atoms with Crippen molar-refractivity contribution in [1.82, 2.24) is 10.6 Å². The number of carbonyl (C=O) groups is 2. The van der Waals surface area contributed by atoms with Gasteiger partial charge in [-0.15, -0.1) is 0 Å². The maximum absolute atomic E-state index is 12.0. The molecule has 1 rings (SSSR count). The number of carbonyl (C=O) groups excluding carboxylic acids is 2. The summed E-state index contributed by atoms with van der Waals surface area (Å²) >= 11 is 0. The third-order valence-electron chi connectivity index (χ3n) is 3.22. The first-order valence-electron chi connectivity index (χ1n) is 7.75. The Morgan fingerprint density at radius 1 is 0.818 bits per heavy atom. The van der Waals surface area contributed by atoms with Crippen molar-refractivity contribution >= 4 is 11.8 Å². The van der Waals surface area contributed by atoms with E-state index in [1.165, 1.54) is 0 Å². The summed E-state index contributed by atoms with van der Waals surface area (Å²) in [5.74, 6) is -0.343. The predicted molar refractivity (Wildman–Crippen MR) is 87.7 cm³/mol. The molecule has 0 aliphatic rings. The zero-order valence-electron chi connectivity index (χ0n) is 12.9. The second-order valence-electron chi connectivity index (χ2n) is 5.08. The SMILES string of the molecule is NCCCCNC(=O)c1cccc(C(=O)NCCCCN)c1. The average Bonchev–Trinajstić information content (AvgIpc) is 2.55. The second-order valence-corrected chi connectivity index (χ2v) is 5.08. The van der Waals surface area contributed by atoms with Crippen LogP contribution in [-0.4, -0.2) is 38.0 Å². The van der Waals surface area contributed by atoms with Gasteiger partial charge in [0.05, 0.1) is 0 Å². The van der Waals surface area contributed by atoms with Gasteiger partial charge in [0.2, 0.25) is 0 Å². The fourth-order valence-corrected chi connectivity index (χ4v) is 1.95. The molecule has 0 saturated carbocycles. The van der Waals surface area contributed by atoms with Gasteiger partial charge in [0.15, 0.2) is 0 Å². The van der Waals surface area contributed by atoms with E-state index in [4.69, 9.17) is 11.5 Å². The van der Waals surface area contributed by atoms with Crippen LogP contribution < -0.4 is 22.1 Å². The molecule has 6 nitrogen and oxygen atoms in total. The van der Waals surface area contributed by atoms with E-state index in [1.54, 1.807) is 24.3 Å². The Kier molecular flexibility index (Phi) is 8.86. The Morgan fingerprint density at radius 2 is 1.27 bits per heavy atom. The number of rotatable bonds is 10. The van der Waals surface area contributed by atoms with Gasteiger partial charge in [0, 0.05) is 24.2 Å². The van der Waals surface area contributed by atoms with Gasteiger partial charge < -0.3 is 22.1 Å². The summed E-state index contributed by atoms with van der Waals surface area (Å²) in [6.07, 6.45) is 3.46. The van der Waals surface area contributed by atoms with Crippen molar-refractivity contribution < 1.29 is 9.59 Å². The van der Waals surface area contributed by atoms with Crippen molar-refractivity contribution in [3.05, 3.63) is 35.4 Å². The van der Waals surface area contributed by atoms with E-state index in [2.05, 4.69) is 10.6 Å². The van der Waals surface area contributed by atoms with E-state index in [0.717, 1.165) is 25.7 Å². The Balaban J connectivity index is 2.50. The summed E-state index contributed by atoms with van der Waals surface area (Å²) in [6, 6.07) is 6.72. The average molecular weight is 306 g/mol. The summed E-state index contributed by atoms with van der Waals surface area (Å²) in [4.78, 5) is 24.0. The largest absolute Gasteiger partial charge is 0.352 e. The van der Waals surface area contributed by atoms with Crippen molar-refractivity contribution in [2.75, 3.05) is 26.2 Å². The van der Waals surface area contributed by atoms with Crippen LogP contribution in [0.5, 0.6) is 0 Å². The van der Waals surface area contributed by atoms with Crippen LogP contribution in [0.15, 0.2) is 24.3 Å². The number of unbranched alkanes of at least 4 members (excludes halogenated alkanes) is 2. The summed E-state index contributed by atoms with van der Waals surface area (Å²) < 4.78 is 0. The highest BCUT2D eigenvalue weighted by Gasteiger charge is 2.09. The third kappa shape index (κ3) is 6.69. The van der Waals surface area contributed by atoms with E-state index in [-0.39, 0.29) is 11.8 Å². The first-order valence-corrected chi connectivity index (χ1v) is 7.75. The molecule has 122 valence electrons. The normalized spacial score (nSPS) is 10.3. The molecule has 1 aromatic rings. The molecule has 0 radical (unpaired) electrons. The maximum Gasteiger partial charge on any atom is 0.251 e. The van der Waals surface area contributed by atoms with Crippen LogP contribution in [0.2, 0.25) is 0 Å². The first kappa shape index (κ1) is 18.1. The van der Waals surface area contributed by atoms with Crippen LogP contribution in [0.1, 0.15) is 46.4 Å². The highest BCUT2D eigenvalue weighted by molar-refractivity contribution is 5.99. The smallest absolute Gasteiger partial charge is 0.251 e. The molecule has 0 aromatic heterocycles. The number of nitrogens with one attached hydrogen (secondary N) is 2. The van der Waals surface area contributed by atoms with Gasteiger partial charge in [-0.05, 0) is 57.0 Å². The molecule has 0 heterocycles. The maximum atomic E-state index is 12.0. The quantitative estimate of drug-likeness (QED) is 0.475. The second kappa shape index (κ2) is 10.8. The summed E-state index contributed by atoms with van der Waals surface area (Å²) in [7, 11) is 0. The fourth-order valence-electron chi connectivity index (χ4n) is 1.95. The van der Waals surface area contributed by atoms with Gasteiger partial charge in [0.1, 0.15) is 0 Å². The lowest BCUT2D eigenvalue weighted by atomic mass is 10.1. The standard InChI is InChI=1S/C16H26N4O2/c17-8-1-3-10-19-15(21)13-6-5-7-14(12-13)16(22)20-11-4-2-9-18/h5-7,12H,1-4,8-11,17-18H2,(H,19,21)(H,20,22). The highest BCUT2D eigenvalue weighted by Crippen LogP contribution is 2.05. The minimum absolute atomic E-state index is 0.171. The third-order valence-corrected chi connectivity index (χ3v) is 3.22. The number of benzene rings is 1. The van der Waals surface area contributed by atoms with Crippen molar-refractivity contribution in [2.45, 2.75) is 25.7 Å². The lowest BCUT2D eigenvalue weighted by molar-refractivity contribution is 0.0952. The predicted octanol–water partition coefficient (Wildman–Crippen LogP) is 0.624. The van der Waals surface area contributed by atoms with Crippen molar-refractivity contribution in [2.24, 2.45) is 11.5 Å². The minimum atomic E-state index is -0.171. The number of amides is 2. The summed E-state index contributed by atoms with van der Waals surface area (Å²) in [5.41, 5.74) is 11.8. The molecule has 0 bridgehead atoms. The van der Waals surface area contributed by atoms with E-state index in [1.807, 2.05) is 0 Å². The fraction of sp³-hybridized carbons (Fsp3) is 0.500. The lowest BCUT2D eigenvalue weighted by Crippen LogP contribution is -2.27. The van der Waals surface area contributed by atoms with Gasteiger partial charge in [-0.2, -0.15) is 0 Å². The van der Waals surface area contributed by atoms with Crippen molar-refractivity contribution in [3.63, 3.8) is 0 Å². The van der Waals surface area contributed by atoms with Crippen LogP contribution >= 0.6 is 0 Å². The molecule has 0 spiro atoms. The molecule has 1 aromatic carbocycles. The zero-order valence-corrected chi connectivity index (χ0v) is 12.9. The molecule has 6 heteroatoms. The van der Waals surface area contributed by atoms with Gasteiger partial charge in [-0.3, -0.25) is 9.59 Å². The van der Waals surface area contributed by atoms with Crippen molar-refractivity contribution in [1.29, 1.82) is 0 Å². The van der Waals surface area contributed by atoms with E-state index < -0.39 is 0 Å². The molecule has 0 atom stereocenters. The highest BCUT2D eigenvalue weighted by atomic mass is 16.2. The molecule has 0 aliphatic carbocycles. The van der Waals surface area contributed by atoms with Crippen LogP contribution in [0, 0.1) is 0 Å². The van der Waals surface area contributed by atoms with Gasteiger partial charge in [-0.25, -0.2) is 0 Å². The minimum Gasteiger partial charge on any atom is -0.352 e. The Hall–Kier alpha value is -1.92. The summed E-state index contributed by atoms with van der Waals surface area (Å²) in [5, 5.41) is 5.64. The first-order chi connectivity index (χ1) is 10.7. The van der Waals surface area contributed by atoms with E-state index in [9.17, 15) is 9.59 Å². The lowest BCUT2D eigenvalue weighted by Gasteiger charge is -2.08. The van der Waals surface area contributed by atoms with Crippen LogP contribution in [0.25, 0.3) is 0 Å². The van der Waals surface area contributed by atoms with E-state index >= 15 is 0 Å². The molecular weight excluding hydrogens is 280 g/mol. The van der Waals surface area contributed by atoms with Gasteiger partial charge in [-0.1, -0.05) is 6.07 Å². The van der Waals surface area contributed by atoms with Gasteiger partial charge in [0.25, 0.3) is 11.8 Å². The molecule has 6 N–H and O–H groups in total. The Morgan fingerprint density at radius 3 is 1.68 bits per heavy atom.